The average Bonchev–Trinajstić information content (AvgIpc) is 2.83. The predicted octanol–water partition coefficient (Wildman–Crippen LogP) is 3.42. The quantitative estimate of drug-likeness (QED) is 0.727. The minimum atomic E-state index is -0.194. The molecule has 1 atom stereocenters. The van der Waals surface area contributed by atoms with E-state index in [9.17, 15) is 4.79 Å². The van der Waals surface area contributed by atoms with Gasteiger partial charge in [-0.05, 0) is 37.8 Å². The number of rotatable bonds is 3. The molecule has 0 bridgehead atoms. The second-order valence-corrected chi connectivity index (χ2v) is 4.52. The average molecular weight is 218 g/mol. The second kappa shape index (κ2) is 5.15. The van der Waals surface area contributed by atoms with Crippen molar-refractivity contribution in [3.05, 3.63) is 35.9 Å². The minimum Gasteiger partial charge on any atom is -0.459 e. The third-order valence-electron chi connectivity index (χ3n) is 3.37. The Bertz CT molecular complexity index is 339. The fraction of sp³-hybridized carbons (Fsp3) is 0.500. The van der Waals surface area contributed by atoms with Crippen LogP contribution in [0, 0.1) is 5.92 Å². The van der Waals surface area contributed by atoms with Crippen molar-refractivity contribution >= 4 is 5.97 Å². The van der Waals surface area contributed by atoms with Crippen LogP contribution in [0.15, 0.2) is 30.3 Å². The Kier molecular flexibility index (Phi) is 3.60. The Hall–Kier alpha value is -1.31. The van der Waals surface area contributed by atoms with Gasteiger partial charge in [-0.25, -0.2) is 4.79 Å². The van der Waals surface area contributed by atoms with Crippen molar-refractivity contribution in [3.8, 4) is 0 Å². The number of hydrogen-bond acceptors (Lipinski definition) is 2. The van der Waals surface area contributed by atoms with Gasteiger partial charge in [-0.1, -0.05) is 31.0 Å². The van der Waals surface area contributed by atoms with E-state index in [1.165, 1.54) is 25.7 Å². The topological polar surface area (TPSA) is 26.3 Å². The molecule has 1 aliphatic carbocycles. The Morgan fingerprint density at radius 2 is 1.88 bits per heavy atom. The summed E-state index contributed by atoms with van der Waals surface area (Å²) >= 11 is 0. The third-order valence-corrected chi connectivity index (χ3v) is 3.37. The van der Waals surface area contributed by atoms with Crippen molar-refractivity contribution in [3.63, 3.8) is 0 Å². The summed E-state index contributed by atoms with van der Waals surface area (Å²) in [5.41, 5.74) is 0.646. The predicted molar refractivity (Wildman–Crippen MR) is 63.3 cm³/mol. The third kappa shape index (κ3) is 2.63. The van der Waals surface area contributed by atoms with Gasteiger partial charge in [0.25, 0.3) is 0 Å². The molecule has 0 radical (unpaired) electrons. The molecule has 0 amide bonds. The highest BCUT2D eigenvalue weighted by Gasteiger charge is 2.24. The van der Waals surface area contributed by atoms with Crippen LogP contribution in [0.1, 0.15) is 43.0 Å². The first-order valence-electron chi connectivity index (χ1n) is 6.03. The summed E-state index contributed by atoms with van der Waals surface area (Å²) < 4.78 is 5.48. The molecule has 1 aromatic carbocycles. The Labute approximate surface area is 96.6 Å². The summed E-state index contributed by atoms with van der Waals surface area (Å²) in [6, 6.07) is 9.21. The summed E-state index contributed by atoms with van der Waals surface area (Å²) in [5, 5.41) is 0. The molecule has 1 fully saturated rings. The fourth-order valence-electron chi connectivity index (χ4n) is 2.33. The van der Waals surface area contributed by atoms with Gasteiger partial charge >= 0.3 is 5.97 Å². The molecular weight excluding hydrogens is 200 g/mol. The SMILES string of the molecule is CC(OC(=O)c1ccccc1)C1CCCC1. The zero-order valence-electron chi connectivity index (χ0n) is 9.69. The van der Waals surface area contributed by atoms with Crippen molar-refractivity contribution in [1.82, 2.24) is 0 Å². The lowest BCUT2D eigenvalue weighted by atomic mass is 10.0. The van der Waals surface area contributed by atoms with E-state index in [0.717, 1.165) is 0 Å². The smallest absolute Gasteiger partial charge is 0.338 e. The molecule has 0 aliphatic heterocycles. The lowest BCUT2D eigenvalue weighted by Crippen LogP contribution is -2.22. The maximum absolute atomic E-state index is 11.8. The first kappa shape index (κ1) is 11.2. The van der Waals surface area contributed by atoms with Gasteiger partial charge in [0.15, 0.2) is 0 Å². The van der Waals surface area contributed by atoms with Crippen LogP contribution < -0.4 is 0 Å². The van der Waals surface area contributed by atoms with Crippen LogP contribution >= 0.6 is 0 Å². The molecule has 1 aliphatic rings. The highest BCUT2D eigenvalue weighted by Crippen LogP contribution is 2.29. The van der Waals surface area contributed by atoms with Crippen molar-refractivity contribution in [1.29, 1.82) is 0 Å². The Morgan fingerprint density at radius 3 is 2.50 bits per heavy atom. The van der Waals surface area contributed by atoms with Crippen molar-refractivity contribution in [2.45, 2.75) is 38.7 Å². The fourth-order valence-corrected chi connectivity index (χ4v) is 2.33. The number of ether oxygens (including phenoxy) is 1. The Balaban J connectivity index is 1.92. The summed E-state index contributed by atoms with van der Waals surface area (Å²) in [7, 11) is 0. The molecule has 1 unspecified atom stereocenters. The molecular formula is C14H18O2. The van der Waals surface area contributed by atoms with Crippen LogP contribution in [0.5, 0.6) is 0 Å². The minimum absolute atomic E-state index is 0.0511. The van der Waals surface area contributed by atoms with Crippen LogP contribution in [-0.2, 0) is 4.74 Å². The van der Waals surface area contributed by atoms with E-state index in [-0.39, 0.29) is 12.1 Å². The molecule has 2 rings (SSSR count). The molecule has 1 saturated carbocycles. The van der Waals surface area contributed by atoms with Crippen molar-refractivity contribution in [2.24, 2.45) is 5.92 Å². The summed E-state index contributed by atoms with van der Waals surface area (Å²) in [4.78, 5) is 11.8. The van der Waals surface area contributed by atoms with E-state index in [4.69, 9.17) is 4.74 Å². The first-order valence-corrected chi connectivity index (χ1v) is 6.03. The highest BCUT2D eigenvalue weighted by molar-refractivity contribution is 5.89. The zero-order chi connectivity index (χ0) is 11.4. The number of esters is 1. The summed E-state index contributed by atoms with van der Waals surface area (Å²) in [6.45, 7) is 2.01. The zero-order valence-corrected chi connectivity index (χ0v) is 9.69. The van der Waals surface area contributed by atoms with Crippen LogP contribution in [0.4, 0.5) is 0 Å². The Morgan fingerprint density at radius 1 is 1.25 bits per heavy atom. The molecule has 2 heteroatoms. The molecule has 0 N–H and O–H groups in total. The lowest BCUT2D eigenvalue weighted by Gasteiger charge is -2.19. The standard InChI is InChI=1S/C14H18O2/c1-11(12-7-5-6-8-12)16-14(15)13-9-3-2-4-10-13/h2-4,9-12H,5-8H2,1H3. The largest absolute Gasteiger partial charge is 0.459 e. The first-order chi connectivity index (χ1) is 7.77. The molecule has 16 heavy (non-hydrogen) atoms. The van der Waals surface area contributed by atoms with Gasteiger partial charge in [0.05, 0.1) is 5.56 Å². The lowest BCUT2D eigenvalue weighted by molar-refractivity contribution is 0.0204. The van der Waals surface area contributed by atoms with E-state index in [0.29, 0.717) is 11.5 Å². The van der Waals surface area contributed by atoms with E-state index < -0.39 is 0 Å². The maximum Gasteiger partial charge on any atom is 0.338 e. The van der Waals surface area contributed by atoms with Gasteiger partial charge in [0.1, 0.15) is 6.10 Å². The monoisotopic (exact) mass is 218 g/mol. The van der Waals surface area contributed by atoms with Gasteiger partial charge in [-0.2, -0.15) is 0 Å². The molecule has 86 valence electrons. The number of carbonyl (C=O) groups excluding carboxylic acids is 1. The van der Waals surface area contributed by atoms with Gasteiger partial charge < -0.3 is 4.74 Å². The van der Waals surface area contributed by atoms with Gasteiger partial charge in [0.2, 0.25) is 0 Å². The molecule has 0 spiro atoms. The second-order valence-electron chi connectivity index (χ2n) is 4.52. The van der Waals surface area contributed by atoms with Crippen LogP contribution in [0.25, 0.3) is 0 Å². The van der Waals surface area contributed by atoms with Gasteiger partial charge in [-0.3, -0.25) is 0 Å². The van der Waals surface area contributed by atoms with Gasteiger partial charge in [0, 0.05) is 0 Å². The van der Waals surface area contributed by atoms with E-state index in [2.05, 4.69) is 0 Å². The maximum atomic E-state index is 11.8. The molecule has 1 aromatic rings. The molecule has 0 aromatic heterocycles. The van der Waals surface area contributed by atoms with E-state index >= 15 is 0 Å². The number of benzene rings is 1. The van der Waals surface area contributed by atoms with E-state index in [1.54, 1.807) is 12.1 Å². The van der Waals surface area contributed by atoms with Crippen molar-refractivity contribution < 1.29 is 9.53 Å². The van der Waals surface area contributed by atoms with Gasteiger partial charge in [-0.15, -0.1) is 0 Å². The summed E-state index contributed by atoms with van der Waals surface area (Å²) in [6.07, 6.45) is 5.00. The number of hydrogen-bond donors (Lipinski definition) is 0. The molecule has 2 nitrogen and oxygen atoms in total. The normalized spacial score (nSPS) is 18.3. The van der Waals surface area contributed by atoms with Crippen LogP contribution in [0.2, 0.25) is 0 Å². The molecule has 0 saturated heterocycles. The highest BCUT2D eigenvalue weighted by atomic mass is 16.5. The molecule has 0 heterocycles. The van der Waals surface area contributed by atoms with Crippen LogP contribution in [-0.4, -0.2) is 12.1 Å². The summed E-state index contributed by atoms with van der Waals surface area (Å²) in [5.74, 6) is 0.368. The van der Waals surface area contributed by atoms with Crippen LogP contribution in [0.3, 0.4) is 0 Å². The number of carbonyl (C=O) groups is 1. The van der Waals surface area contributed by atoms with Crippen molar-refractivity contribution in [2.75, 3.05) is 0 Å². The van der Waals surface area contributed by atoms with E-state index in [1.807, 2.05) is 25.1 Å².